The highest BCUT2D eigenvalue weighted by Crippen LogP contribution is 2.16. The zero-order chi connectivity index (χ0) is 13.8. The molecule has 0 amide bonds. The summed E-state index contributed by atoms with van der Waals surface area (Å²) in [4.78, 5) is 12.0. The predicted octanol–water partition coefficient (Wildman–Crippen LogP) is 3.38. The average Bonchev–Trinajstić information content (AvgIpc) is 2.73. The van der Waals surface area contributed by atoms with Gasteiger partial charge in [-0.3, -0.25) is 14.6 Å². The number of aromatic nitrogens is 2. The number of hydrogen-bond donors (Lipinski definition) is 1. The van der Waals surface area contributed by atoms with Crippen LogP contribution >= 0.6 is 0 Å². The molecule has 1 aromatic heterocycles. The maximum absolute atomic E-state index is 12.0. The number of rotatable bonds is 5. The first-order chi connectivity index (χ1) is 9.17. The van der Waals surface area contributed by atoms with Crippen molar-refractivity contribution in [3.63, 3.8) is 0 Å². The molecule has 102 valence electrons. The van der Waals surface area contributed by atoms with Crippen LogP contribution < -0.4 is 5.56 Å². The molecular weight excluding hydrogens is 236 g/mol. The minimum Gasteiger partial charge on any atom is -0.268 e. The Labute approximate surface area is 114 Å². The molecule has 3 nitrogen and oxygen atoms in total. The Morgan fingerprint density at radius 3 is 2.42 bits per heavy atom. The Bertz CT molecular complexity index is 590. The van der Waals surface area contributed by atoms with Crippen LogP contribution in [0.4, 0.5) is 0 Å². The summed E-state index contributed by atoms with van der Waals surface area (Å²) in [5.74, 6) is 0. The Hall–Kier alpha value is -1.77. The van der Waals surface area contributed by atoms with Crippen molar-refractivity contribution < 1.29 is 0 Å². The molecule has 0 unspecified atom stereocenters. The molecule has 0 radical (unpaired) electrons. The minimum absolute atomic E-state index is 0.0502. The van der Waals surface area contributed by atoms with E-state index in [0.29, 0.717) is 0 Å². The van der Waals surface area contributed by atoms with E-state index in [0.717, 1.165) is 42.6 Å². The molecule has 0 fully saturated rings. The van der Waals surface area contributed by atoms with Gasteiger partial charge in [0.2, 0.25) is 0 Å². The first kappa shape index (κ1) is 13.7. The monoisotopic (exact) mass is 258 g/mol. The lowest BCUT2D eigenvalue weighted by Gasteiger charge is -2.09. The number of nitrogens with zero attached hydrogens (tertiary/aromatic N) is 1. The number of benzene rings is 1. The van der Waals surface area contributed by atoms with Crippen LogP contribution in [0.2, 0.25) is 0 Å². The highest BCUT2D eigenvalue weighted by atomic mass is 16.1. The lowest BCUT2D eigenvalue weighted by molar-refractivity contribution is 0.722. The third-order valence-electron chi connectivity index (χ3n) is 3.52. The molecule has 2 aromatic rings. The summed E-state index contributed by atoms with van der Waals surface area (Å²) in [6, 6.07) is 8.26. The van der Waals surface area contributed by atoms with Crippen LogP contribution in [0.3, 0.4) is 0 Å². The van der Waals surface area contributed by atoms with Gasteiger partial charge in [-0.05, 0) is 38.3 Å². The number of H-pyrrole nitrogens is 1. The first-order valence-corrected chi connectivity index (χ1v) is 7.07. The molecule has 3 heteroatoms. The van der Waals surface area contributed by atoms with E-state index in [1.807, 2.05) is 11.6 Å². The van der Waals surface area contributed by atoms with E-state index in [1.54, 1.807) is 0 Å². The molecular formula is C16H22N2O. The third kappa shape index (κ3) is 2.80. The lowest BCUT2D eigenvalue weighted by Crippen LogP contribution is -2.06. The molecule has 1 N–H and O–H groups in total. The van der Waals surface area contributed by atoms with Gasteiger partial charge in [-0.1, -0.05) is 38.0 Å². The van der Waals surface area contributed by atoms with Gasteiger partial charge in [0, 0.05) is 11.3 Å². The van der Waals surface area contributed by atoms with Gasteiger partial charge in [0.05, 0.1) is 5.69 Å². The van der Waals surface area contributed by atoms with Crippen molar-refractivity contribution in [3.8, 4) is 5.69 Å². The fourth-order valence-corrected chi connectivity index (χ4v) is 2.39. The normalized spacial score (nSPS) is 10.9. The molecule has 1 aromatic carbocycles. The number of aromatic amines is 1. The second kappa shape index (κ2) is 5.91. The van der Waals surface area contributed by atoms with E-state index in [-0.39, 0.29) is 5.56 Å². The van der Waals surface area contributed by atoms with Crippen LogP contribution in [0.15, 0.2) is 29.1 Å². The molecule has 0 saturated carbocycles. The summed E-state index contributed by atoms with van der Waals surface area (Å²) >= 11 is 0. The molecule has 0 atom stereocenters. The third-order valence-corrected chi connectivity index (χ3v) is 3.52. The fourth-order valence-electron chi connectivity index (χ4n) is 2.39. The summed E-state index contributed by atoms with van der Waals surface area (Å²) in [6.07, 6.45) is 3.98. The lowest BCUT2D eigenvalue weighted by atomic mass is 10.1. The largest absolute Gasteiger partial charge is 0.268 e. The van der Waals surface area contributed by atoms with Gasteiger partial charge < -0.3 is 0 Å². The Balaban J connectivity index is 2.49. The summed E-state index contributed by atoms with van der Waals surface area (Å²) in [6.45, 7) is 6.28. The molecule has 19 heavy (non-hydrogen) atoms. The Kier molecular flexibility index (Phi) is 4.25. The Morgan fingerprint density at radius 1 is 1.16 bits per heavy atom. The van der Waals surface area contributed by atoms with Crippen LogP contribution in [-0.4, -0.2) is 9.78 Å². The van der Waals surface area contributed by atoms with Crippen molar-refractivity contribution in [2.24, 2.45) is 0 Å². The van der Waals surface area contributed by atoms with Gasteiger partial charge in [0.15, 0.2) is 0 Å². The van der Waals surface area contributed by atoms with Crippen molar-refractivity contribution in [3.05, 3.63) is 51.4 Å². The van der Waals surface area contributed by atoms with Crippen LogP contribution in [0.5, 0.6) is 0 Å². The SMILES string of the molecule is CCCCc1c(CC)c(=O)[nH]n1-c1ccc(C)cc1. The van der Waals surface area contributed by atoms with Crippen molar-refractivity contribution in [1.29, 1.82) is 0 Å². The van der Waals surface area contributed by atoms with Crippen molar-refractivity contribution in [2.75, 3.05) is 0 Å². The number of unbranched alkanes of at least 4 members (excludes halogenated alkanes) is 1. The van der Waals surface area contributed by atoms with Gasteiger partial charge in [-0.2, -0.15) is 0 Å². The van der Waals surface area contributed by atoms with Crippen LogP contribution in [-0.2, 0) is 12.8 Å². The van der Waals surface area contributed by atoms with Gasteiger partial charge in [0.25, 0.3) is 5.56 Å². The van der Waals surface area contributed by atoms with Gasteiger partial charge in [-0.25, -0.2) is 0 Å². The molecule has 0 aliphatic carbocycles. The van der Waals surface area contributed by atoms with E-state index in [9.17, 15) is 4.79 Å². The van der Waals surface area contributed by atoms with Crippen LogP contribution in [0, 0.1) is 6.92 Å². The first-order valence-electron chi connectivity index (χ1n) is 7.07. The van der Waals surface area contributed by atoms with E-state index in [2.05, 4.69) is 43.2 Å². The second-order valence-corrected chi connectivity index (χ2v) is 4.99. The standard InChI is InChI=1S/C16H22N2O/c1-4-6-7-15-14(5-2)16(19)17-18(15)13-10-8-12(3)9-11-13/h8-11H,4-7H2,1-3H3,(H,17,19). The number of hydrogen-bond acceptors (Lipinski definition) is 1. The van der Waals surface area contributed by atoms with Crippen molar-refractivity contribution in [1.82, 2.24) is 9.78 Å². The van der Waals surface area contributed by atoms with Crippen LogP contribution in [0.1, 0.15) is 43.5 Å². The summed E-state index contributed by atoms with van der Waals surface area (Å²) in [5.41, 5.74) is 4.37. The summed E-state index contributed by atoms with van der Waals surface area (Å²) in [7, 11) is 0. The second-order valence-electron chi connectivity index (χ2n) is 4.99. The smallest absolute Gasteiger partial charge is 0.267 e. The van der Waals surface area contributed by atoms with E-state index < -0.39 is 0 Å². The van der Waals surface area contributed by atoms with Crippen molar-refractivity contribution >= 4 is 0 Å². The molecule has 0 aliphatic heterocycles. The topological polar surface area (TPSA) is 37.8 Å². The maximum Gasteiger partial charge on any atom is 0.267 e. The zero-order valence-electron chi connectivity index (χ0n) is 12.0. The quantitative estimate of drug-likeness (QED) is 0.877. The summed E-state index contributed by atoms with van der Waals surface area (Å²) in [5, 5.41) is 2.97. The highest BCUT2D eigenvalue weighted by Gasteiger charge is 2.13. The summed E-state index contributed by atoms with van der Waals surface area (Å²) < 4.78 is 1.95. The van der Waals surface area contributed by atoms with E-state index >= 15 is 0 Å². The molecule has 0 saturated heterocycles. The van der Waals surface area contributed by atoms with Gasteiger partial charge in [0.1, 0.15) is 0 Å². The predicted molar refractivity (Wildman–Crippen MR) is 79.1 cm³/mol. The van der Waals surface area contributed by atoms with Crippen molar-refractivity contribution in [2.45, 2.75) is 46.5 Å². The molecule has 2 rings (SSSR count). The fraction of sp³-hybridized carbons (Fsp3) is 0.438. The molecule has 1 heterocycles. The highest BCUT2D eigenvalue weighted by molar-refractivity contribution is 5.37. The maximum atomic E-state index is 12.0. The van der Waals surface area contributed by atoms with E-state index in [4.69, 9.17) is 0 Å². The van der Waals surface area contributed by atoms with Gasteiger partial charge in [-0.15, -0.1) is 0 Å². The number of nitrogens with one attached hydrogen (secondary N) is 1. The zero-order valence-corrected chi connectivity index (χ0v) is 12.0. The van der Waals surface area contributed by atoms with Crippen LogP contribution in [0.25, 0.3) is 5.69 Å². The molecule has 0 aliphatic rings. The minimum atomic E-state index is 0.0502. The van der Waals surface area contributed by atoms with Gasteiger partial charge >= 0.3 is 0 Å². The molecule has 0 bridgehead atoms. The number of aryl methyl sites for hydroxylation is 1. The van der Waals surface area contributed by atoms with E-state index in [1.165, 1.54) is 5.56 Å². The molecule has 0 spiro atoms. The Morgan fingerprint density at radius 2 is 1.84 bits per heavy atom. The average molecular weight is 258 g/mol.